The Bertz CT molecular complexity index is 783. The summed E-state index contributed by atoms with van der Waals surface area (Å²) in [5.74, 6) is -0.984. The lowest BCUT2D eigenvalue weighted by molar-refractivity contribution is -0.136. The molecular formula is C13H12INO4S2. The fraction of sp³-hybridized carbons (Fsp3) is 0.154. The molecule has 1 aromatic heterocycles. The molecule has 0 saturated carbocycles. The predicted octanol–water partition coefficient (Wildman–Crippen LogP) is 3.09. The van der Waals surface area contributed by atoms with Crippen molar-refractivity contribution in [2.75, 3.05) is 4.72 Å². The lowest BCUT2D eigenvalue weighted by atomic mass is 10.2. The molecule has 0 aliphatic rings. The molecule has 0 fully saturated rings. The van der Waals surface area contributed by atoms with Crippen molar-refractivity contribution in [3.63, 3.8) is 0 Å². The van der Waals surface area contributed by atoms with Gasteiger partial charge in [0.2, 0.25) is 0 Å². The molecule has 0 saturated heterocycles. The fourth-order valence-electron chi connectivity index (χ4n) is 1.68. The van der Waals surface area contributed by atoms with Gasteiger partial charge in [-0.15, -0.1) is 11.3 Å². The zero-order chi connectivity index (χ0) is 15.6. The molecule has 5 nitrogen and oxygen atoms in total. The maximum Gasteiger partial charge on any atom is 0.308 e. The van der Waals surface area contributed by atoms with Gasteiger partial charge in [-0.25, -0.2) is 8.42 Å². The molecule has 0 bridgehead atoms. The second-order valence-electron chi connectivity index (χ2n) is 4.36. The number of thiophene rings is 1. The highest BCUT2D eigenvalue weighted by molar-refractivity contribution is 14.1. The fourth-order valence-corrected chi connectivity index (χ4v) is 4.81. The number of anilines is 1. The molecule has 0 unspecified atom stereocenters. The van der Waals surface area contributed by atoms with E-state index >= 15 is 0 Å². The Morgan fingerprint density at radius 1 is 1.33 bits per heavy atom. The third kappa shape index (κ3) is 4.17. The number of nitrogens with one attached hydrogen (secondary N) is 1. The van der Waals surface area contributed by atoms with Gasteiger partial charge >= 0.3 is 5.97 Å². The number of hydrogen-bond donors (Lipinski definition) is 2. The summed E-state index contributed by atoms with van der Waals surface area (Å²) in [5, 5.41) is 8.72. The minimum Gasteiger partial charge on any atom is -0.481 e. The lowest BCUT2D eigenvalue weighted by Gasteiger charge is -2.09. The highest BCUT2D eigenvalue weighted by atomic mass is 127. The number of benzene rings is 1. The molecule has 8 heteroatoms. The number of carboxylic acids is 1. The normalized spacial score (nSPS) is 11.3. The first kappa shape index (κ1) is 16.2. The Hall–Kier alpha value is -1.13. The number of sulfonamides is 1. The molecule has 0 atom stereocenters. The summed E-state index contributed by atoms with van der Waals surface area (Å²) in [6, 6.07) is 8.35. The van der Waals surface area contributed by atoms with Crippen LogP contribution >= 0.6 is 33.9 Å². The zero-order valence-electron chi connectivity index (χ0n) is 11.0. The molecule has 0 aliphatic heterocycles. The van der Waals surface area contributed by atoms with Crippen LogP contribution in [0.15, 0.2) is 34.5 Å². The SMILES string of the molecule is Cc1cc(I)ccc1NS(=O)(=O)c1ccc(CC(=O)O)s1. The van der Waals surface area contributed by atoms with E-state index in [1.165, 1.54) is 12.1 Å². The van der Waals surface area contributed by atoms with Crippen LogP contribution in [-0.4, -0.2) is 19.5 Å². The third-order valence-corrected chi connectivity index (χ3v) is 6.27. The summed E-state index contributed by atoms with van der Waals surface area (Å²) in [5.41, 5.74) is 1.34. The van der Waals surface area contributed by atoms with Crippen molar-refractivity contribution in [2.24, 2.45) is 0 Å². The van der Waals surface area contributed by atoms with Crippen LogP contribution < -0.4 is 4.72 Å². The minimum atomic E-state index is -3.69. The number of aliphatic carboxylic acids is 1. The van der Waals surface area contributed by atoms with Gasteiger partial charge in [0.25, 0.3) is 10.0 Å². The first-order valence-corrected chi connectivity index (χ1v) is 9.25. The predicted molar refractivity (Wildman–Crippen MR) is 90.4 cm³/mol. The van der Waals surface area contributed by atoms with E-state index in [1.54, 1.807) is 6.07 Å². The first-order chi connectivity index (χ1) is 9.78. The molecule has 0 radical (unpaired) electrons. The largest absolute Gasteiger partial charge is 0.481 e. The first-order valence-electron chi connectivity index (χ1n) is 5.87. The molecule has 112 valence electrons. The molecular weight excluding hydrogens is 425 g/mol. The second-order valence-corrected chi connectivity index (χ2v) is 8.68. The van der Waals surface area contributed by atoms with E-state index in [9.17, 15) is 13.2 Å². The number of carboxylic acid groups (broad SMARTS) is 1. The van der Waals surface area contributed by atoms with Gasteiger partial charge in [0.1, 0.15) is 4.21 Å². The van der Waals surface area contributed by atoms with Crippen LogP contribution in [-0.2, 0) is 21.2 Å². The highest BCUT2D eigenvalue weighted by Gasteiger charge is 2.18. The van der Waals surface area contributed by atoms with Crippen LogP contribution in [0.1, 0.15) is 10.4 Å². The standard InChI is InChI=1S/C13H12INO4S2/c1-8-6-9(14)2-4-11(8)15-21(18,19)13-5-3-10(20-13)7-12(16)17/h2-6,15H,7H2,1H3,(H,16,17). The third-order valence-electron chi connectivity index (χ3n) is 2.66. The number of halogens is 1. The van der Waals surface area contributed by atoms with E-state index in [4.69, 9.17) is 5.11 Å². The Labute approximate surface area is 140 Å². The van der Waals surface area contributed by atoms with Crippen LogP contribution in [0.3, 0.4) is 0 Å². The average Bonchev–Trinajstić information content (AvgIpc) is 2.81. The van der Waals surface area contributed by atoms with Gasteiger partial charge in [-0.1, -0.05) is 0 Å². The molecule has 0 aliphatic carbocycles. The van der Waals surface area contributed by atoms with Crippen molar-refractivity contribution in [1.82, 2.24) is 0 Å². The van der Waals surface area contributed by atoms with E-state index in [1.807, 2.05) is 19.1 Å². The average molecular weight is 437 g/mol. The summed E-state index contributed by atoms with van der Waals surface area (Å²) >= 11 is 3.12. The second kappa shape index (κ2) is 6.32. The van der Waals surface area contributed by atoms with E-state index in [-0.39, 0.29) is 10.6 Å². The molecule has 0 amide bonds. The highest BCUT2D eigenvalue weighted by Crippen LogP contribution is 2.26. The molecule has 0 spiro atoms. The summed E-state index contributed by atoms with van der Waals surface area (Å²) in [6.45, 7) is 1.82. The van der Waals surface area contributed by atoms with Crippen LogP contribution in [0.25, 0.3) is 0 Å². The van der Waals surface area contributed by atoms with Gasteiger partial charge in [-0.2, -0.15) is 0 Å². The van der Waals surface area contributed by atoms with E-state index in [0.29, 0.717) is 10.6 Å². The summed E-state index contributed by atoms with van der Waals surface area (Å²) in [4.78, 5) is 11.1. The van der Waals surface area contributed by atoms with Crippen LogP contribution in [0.4, 0.5) is 5.69 Å². The minimum absolute atomic E-state index is 0.108. The van der Waals surface area contributed by atoms with Gasteiger partial charge in [0.15, 0.2) is 0 Å². The van der Waals surface area contributed by atoms with Gasteiger partial charge in [-0.3, -0.25) is 9.52 Å². The Kier molecular flexibility index (Phi) is 4.89. The summed E-state index contributed by atoms with van der Waals surface area (Å²) < 4.78 is 28.2. The van der Waals surface area contributed by atoms with Crippen molar-refractivity contribution < 1.29 is 18.3 Å². The van der Waals surface area contributed by atoms with Gasteiger partial charge in [0, 0.05) is 8.45 Å². The molecule has 21 heavy (non-hydrogen) atoms. The molecule has 2 aromatic rings. The Balaban J connectivity index is 2.25. The molecule has 2 rings (SSSR count). The Morgan fingerprint density at radius 3 is 2.67 bits per heavy atom. The quantitative estimate of drug-likeness (QED) is 0.705. The maximum atomic E-state index is 12.3. The van der Waals surface area contributed by atoms with Crippen molar-refractivity contribution in [2.45, 2.75) is 17.6 Å². The van der Waals surface area contributed by atoms with Crippen molar-refractivity contribution in [3.8, 4) is 0 Å². The zero-order valence-corrected chi connectivity index (χ0v) is 14.8. The van der Waals surface area contributed by atoms with E-state index < -0.39 is 16.0 Å². The van der Waals surface area contributed by atoms with Crippen LogP contribution in [0, 0.1) is 10.5 Å². The summed E-state index contributed by atoms with van der Waals surface area (Å²) in [6.07, 6.45) is -0.178. The van der Waals surface area contributed by atoms with Crippen molar-refractivity contribution in [3.05, 3.63) is 44.3 Å². The van der Waals surface area contributed by atoms with Gasteiger partial charge in [0.05, 0.1) is 12.1 Å². The number of carbonyl (C=O) groups is 1. The molecule has 1 heterocycles. The van der Waals surface area contributed by atoms with Gasteiger partial charge in [-0.05, 0) is 65.4 Å². The molecule has 1 aromatic carbocycles. The van der Waals surface area contributed by atoms with Crippen LogP contribution in [0.2, 0.25) is 0 Å². The number of hydrogen-bond acceptors (Lipinski definition) is 4. The topological polar surface area (TPSA) is 83.5 Å². The van der Waals surface area contributed by atoms with E-state index in [2.05, 4.69) is 27.3 Å². The number of rotatable bonds is 5. The smallest absolute Gasteiger partial charge is 0.308 e. The maximum absolute atomic E-state index is 12.3. The summed E-state index contributed by atoms with van der Waals surface area (Å²) in [7, 11) is -3.69. The Morgan fingerprint density at radius 2 is 2.05 bits per heavy atom. The number of aryl methyl sites for hydroxylation is 1. The lowest BCUT2D eigenvalue weighted by Crippen LogP contribution is -2.12. The molecule has 2 N–H and O–H groups in total. The van der Waals surface area contributed by atoms with E-state index in [0.717, 1.165) is 20.5 Å². The van der Waals surface area contributed by atoms with Crippen molar-refractivity contribution in [1.29, 1.82) is 0 Å². The van der Waals surface area contributed by atoms with Gasteiger partial charge < -0.3 is 5.11 Å². The van der Waals surface area contributed by atoms with Crippen molar-refractivity contribution >= 4 is 55.6 Å². The van der Waals surface area contributed by atoms with Crippen LogP contribution in [0.5, 0.6) is 0 Å². The monoisotopic (exact) mass is 437 g/mol.